The van der Waals surface area contributed by atoms with E-state index in [-0.39, 0.29) is 22.1 Å². The molecule has 1 unspecified atom stereocenters. The van der Waals surface area contributed by atoms with Crippen molar-refractivity contribution in [1.82, 2.24) is 10.4 Å². The van der Waals surface area contributed by atoms with Gasteiger partial charge in [-0.15, -0.1) is 0 Å². The van der Waals surface area contributed by atoms with E-state index in [2.05, 4.69) is 5.43 Å². The van der Waals surface area contributed by atoms with E-state index >= 15 is 0 Å². The van der Waals surface area contributed by atoms with E-state index in [1.54, 1.807) is 62.4 Å². The second kappa shape index (κ2) is 11.7. The van der Waals surface area contributed by atoms with Gasteiger partial charge in [0, 0.05) is 0 Å². The third kappa shape index (κ3) is 6.11. The summed E-state index contributed by atoms with van der Waals surface area (Å²) in [5.41, 5.74) is 3.40. The molecule has 1 aliphatic heterocycles. The number of hydrazine groups is 1. The molecule has 2 N–H and O–H groups in total. The fourth-order valence-corrected chi connectivity index (χ4v) is 4.33. The number of benzene rings is 2. The lowest BCUT2D eigenvalue weighted by atomic mass is 10.1. The Morgan fingerprint density at radius 1 is 1.17 bits per heavy atom. The maximum atomic E-state index is 13.0. The molecule has 184 valence electrons. The van der Waals surface area contributed by atoms with Crippen LogP contribution in [0.15, 0.2) is 47.4 Å². The molecular formula is C24H24N2O7S2. The first-order chi connectivity index (χ1) is 16.8. The van der Waals surface area contributed by atoms with Gasteiger partial charge < -0.3 is 19.3 Å². The Bertz CT molecular complexity index is 1180. The molecular weight excluding hydrogens is 492 g/mol. The molecule has 0 spiro atoms. The number of methoxy groups -OCH3 is 1. The van der Waals surface area contributed by atoms with Crippen molar-refractivity contribution in [2.24, 2.45) is 0 Å². The minimum atomic E-state index is -1.07. The molecule has 1 saturated heterocycles. The molecule has 9 nitrogen and oxygen atoms in total. The van der Waals surface area contributed by atoms with E-state index in [9.17, 15) is 19.5 Å². The number of nitrogens with zero attached hydrogens (tertiary/aromatic N) is 1. The van der Waals surface area contributed by atoms with Crippen LogP contribution in [0.25, 0.3) is 6.08 Å². The summed E-state index contributed by atoms with van der Waals surface area (Å²) >= 11 is 6.33. The molecule has 35 heavy (non-hydrogen) atoms. The summed E-state index contributed by atoms with van der Waals surface area (Å²) in [5.74, 6) is -1.10. The van der Waals surface area contributed by atoms with Crippen molar-refractivity contribution >= 4 is 52.2 Å². The standard InChI is InChI=1S/C24H24N2O7S2/c1-4-16(23(29)30)33-18-11-10-14(12-19(18)32-5-2)13-20-22(28)26(24(34)35-20)25-21(27)15-8-6-7-9-17(15)31-3/h6-13,16H,4-5H2,1-3H3,(H,25,27)(H,29,30)/b20-13+. The van der Waals surface area contributed by atoms with E-state index in [1.807, 2.05) is 0 Å². The van der Waals surface area contributed by atoms with E-state index in [0.29, 0.717) is 28.6 Å². The fraction of sp³-hybridized carbons (Fsp3) is 0.250. The Balaban J connectivity index is 1.81. The van der Waals surface area contributed by atoms with Crippen LogP contribution >= 0.6 is 24.0 Å². The molecule has 0 bridgehead atoms. The van der Waals surface area contributed by atoms with E-state index in [0.717, 1.165) is 16.8 Å². The maximum Gasteiger partial charge on any atom is 0.344 e. The molecule has 0 aliphatic carbocycles. The number of carbonyl (C=O) groups excluding carboxylic acids is 2. The Morgan fingerprint density at radius 2 is 1.91 bits per heavy atom. The second-order valence-electron chi connectivity index (χ2n) is 7.15. The van der Waals surface area contributed by atoms with Crippen LogP contribution in [0.4, 0.5) is 0 Å². The Labute approximate surface area is 212 Å². The molecule has 3 rings (SSSR count). The number of rotatable bonds is 10. The van der Waals surface area contributed by atoms with E-state index < -0.39 is 23.9 Å². The van der Waals surface area contributed by atoms with Crippen LogP contribution in [0.3, 0.4) is 0 Å². The van der Waals surface area contributed by atoms with Gasteiger partial charge in [-0.2, -0.15) is 5.01 Å². The van der Waals surface area contributed by atoms with Crippen LogP contribution in [0.1, 0.15) is 36.2 Å². The van der Waals surface area contributed by atoms with Gasteiger partial charge >= 0.3 is 5.97 Å². The van der Waals surface area contributed by atoms with Gasteiger partial charge in [-0.05, 0) is 61.5 Å². The number of ether oxygens (including phenoxy) is 3. The average molecular weight is 517 g/mol. The molecule has 1 heterocycles. The molecule has 1 atom stereocenters. The van der Waals surface area contributed by atoms with Gasteiger partial charge in [-0.1, -0.05) is 36.9 Å². The number of thiocarbonyl (C=S) groups is 1. The highest BCUT2D eigenvalue weighted by molar-refractivity contribution is 8.26. The molecule has 11 heteroatoms. The lowest BCUT2D eigenvalue weighted by Gasteiger charge is -2.17. The molecule has 0 aromatic heterocycles. The SMILES string of the molecule is CCOc1cc(/C=C2/SC(=S)N(NC(=O)c3ccccc3OC)C2=O)ccc1OC(CC)C(=O)O. The largest absolute Gasteiger partial charge is 0.496 e. The first kappa shape index (κ1) is 26.0. The number of thioether (sulfide) groups is 1. The lowest BCUT2D eigenvalue weighted by Crippen LogP contribution is -2.44. The number of para-hydroxylation sites is 1. The van der Waals surface area contributed by atoms with Gasteiger partial charge in [0.2, 0.25) is 0 Å². The highest BCUT2D eigenvalue weighted by Crippen LogP contribution is 2.35. The quantitative estimate of drug-likeness (QED) is 0.359. The Hall–Kier alpha value is -3.57. The van der Waals surface area contributed by atoms with Gasteiger partial charge in [-0.25, -0.2) is 4.79 Å². The number of hydrogen-bond donors (Lipinski definition) is 2. The van der Waals surface area contributed by atoms with Crippen molar-refractivity contribution in [2.45, 2.75) is 26.4 Å². The number of nitrogens with one attached hydrogen (secondary N) is 1. The third-order valence-electron chi connectivity index (χ3n) is 4.84. The summed E-state index contributed by atoms with van der Waals surface area (Å²) in [6.07, 6.45) is 0.879. The van der Waals surface area contributed by atoms with Crippen LogP contribution in [0.2, 0.25) is 0 Å². The topological polar surface area (TPSA) is 114 Å². The van der Waals surface area contributed by atoms with Crippen molar-refractivity contribution in [2.75, 3.05) is 13.7 Å². The highest BCUT2D eigenvalue weighted by atomic mass is 32.2. The van der Waals surface area contributed by atoms with Crippen molar-refractivity contribution in [3.63, 3.8) is 0 Å². The molecule has 0 radical (unpaired) electrons. The van der Waals surface area contributed by atoms with Crippen LogP contribution < -0.4 is 19.6 Å². The molecule has 2 amide bonds. The van der Waals surface area contributed by atoms with Crippen molar-refractivity contribution in [3.05, 3.63) is 58.5 Å². The smallest absolute Gasteiger partial charge is 0.344 e. The summed E-state index contributed by atoms with van der Waals surface area (Å²) in [6.45, 7) is 3.84. The summed E-state index contributed by atoms with van der Waals surface area (Å²) in [7, 11) is 1.45. The third-order valence-corrected chi connectivity index (χ3v) is 6.14. The highest BCUT2D eigenvalue weighted by Gasteiger charge is 2.34. The molecule has 2 aromatic rings. The number of amides is 2. The number of hydrogen-bond acceptors (Lipinski definition) is 8. The number of carbonyl (C=O) groups is 3. The summed E-state index contributed by atoms with van der Waals surface area (Å²) < 4.78 is 16.6. The number of carboxylic acid groups (broad SMARTS) is 1. The van der Waals surface area contributed by atoms with Gasteiger partial charge in [-0.3, -0.25) is 15.0 Å². The Kier molecular flexibility index (Phi) is 8.72. The van der Waals surface area contributed by atoms with Crippen molar-refractivity contribution in [1.29, 1.82) is 0 Å². The zero-order chi connectivity index (χ0) is 25.5. The maximum absolute atomic E-state index is 13.0. The fourth-order valence-electron chi connectivity index (χ4n) is 3.15. The molecule has 1 fully saturated rings. The lowest BCUT2D eigenvalue weighted by molar-refractivity contribution is -0.145. The average Bonchev–Trinajstić information content (AvgIpc) is 3.10. The molecule has 2 aromatic carbocycles. The van der Waals surface area contributed by atoms with Gasteiger partial charge in [0.05, 0.1) is 24.2 Å². The minimum absolute atomic E-state index is 0.168. The summed E-state index contributed by atoms with van der Waals surface area (Å²) in [6, 6.07) is 11.5. The number of carboxylic acids is 1. The zero-order valence-corrected chi connectivity index (χ0v) is 20.9. The van der Waals surface area contributed by atoms with Gasteiger partial charge in [0.1, 0.15) is 5.75 Å². The molecule has 0 saturated carbocycles. The first-order valence-corrected chi connectivity index (χ1v) is 11.9. The normalized spacial score (nSPS) is 15.2. The van der Waals surface area contributed by atoms with Crippen LogP contribution in [-0.2, 0) is 9.59 Å². The zero-order valence-electron chi connectivity index (χ0n) is 19.3. The monoisotopic (exact) mass is 516 g/mol. The summed E-state index contributed by atoms with van der Waals surface area (Å²) in [5, 5.41) is 10.3. The number of aliphatic carboxylic acids is 1. The predicted molar refractivity (Wildman–Crippen MR) is 135 cm³/mol. The van der Waals surface area contributed by atoms with Gasteiger partial charge in [0.15, 0.2) is 21.9 Å². The van der Waals surface area contributed by atoms with Crippen LogP contribution in [0.5, 0.6) is 17.2 Å². The van der Waals surface area contributed by atoms with Crippen molar-refractivity contribution < 1.29 is 33.7 Å². The molecule has 1 aliphatic rings. The van der Waals surface area contributed by atoms with Crippen molar-refractivity contribution in [3.8, 4) is 17.2 Å². The first-order valence-electron chi connectivity index (χ1n) is 10.7. The van der Waals surface area contributed by atoms with Crippen LogP contribution in [-0.4, -0.2) is 52.0 Å². The predicted octanol–water partition coefficient (Wildman–Crippen LogP) is 3.88. The van der Waals surface area contributed by atoms with Gasteiger partial charge in [0.25, 0.3) is 11.8 Å². The second-order valence-corrected chi connectivity index (χ2v) is 8.83. The summed E-state index contributed by atoms with van der Waals surface area (Å²) in [4.78, 5) is 37.3. The van der Waals surface area contributed by atoms with E-state index in [4.69, 9.17) is 26.4 Å². The van der Waals surface area contributed by atoms with E-state index in [1.165, 1.54) is 7.11 Å². The van der Waals surface area contributed by atoms with Crippen LogP contribution in [0, 0.1) is 0 Å². The Morgan fingerprint density at radius 3 is 2.57 bits per heavy atom. The minimum Gasteiger partial charge on any atom is -0.496 e.